The molecule has 15 heavy (non-hydrogen) atoms. The van der Waals surface area contributed by atoms with Gasteiger partial charge in [-0.1, -0.05) is 31.2 Å². The van der Waals surface area contributed by atoms with Crippen molar-refractivity contribution in [1.82, 2.24) is 5.01 Å². The number of hydrogen-bond acceptors (Lipinski definition) is 2. The van der Waals surface area contributed by atoms with Crippen LogP contribution in [0, 0.1) is 0 Å². The summed E-state index contributed by atoms with van der Waals surface area (Å²) in [6.45, 7) is 2.13. The van der Waals surface area contributed by atoms with Crippen LogP contribution in [0.5, 0.6) is 0 Å². The van der Waals surface area contributed by atoms with Crippen molar-refractivity contribution in [2.24, 2.45) is 5.84 Å². The van der Waals surface area contributed by atoms with E-state index in [0.29, 0.717) is 6.42 Å². The number of amides is 1. The van der Waals surface area contributed by atoms with Gasteiger partial charge in [0.05, 0.1) is 0 Å². The molecule has 1 rings (SSSR count). The fourth-order valence-corrected chi connectivity index (χ4v) is 1.37. The van der Waals surface area contributed by atoms with Crippen molar-refractivity contribution in [2.75, 3.05) is 7.05 Å². The Bertz CT molecular complexity index is 317. The number of carbonyl (C=O) groups excluding carboxylic acids is 1. The molecule has 0 unspecified atom stereocenters. The van der Waals surface area contributed by atoms with Crippen LogP contribution >= 0.6 is 0 Å². The molecule has 0 atom stereocenters. The first-order valence-corrected chi connectivity index (χ1v) is 5.22. The van der Waals surface area contributed by atoms with Crippen LogP contribution in [-0.4, -0.2) is 18.0 Å². The molecule has 0 spiro atoms. The molecule has 0 aliphatic heterocycles. The molecule has 0 aliphatic carbocycles. The van der Waals surface area contributed by atoms with Crippen LogP contribution in [-0.2, 0) is 17.6 Å². The van der Waals surface area contributed by atoms with Crippen molar-refractivity contribution < 1.29 is 4.79 Å². The number of nitrogens with zero attached hydrogens (tertiary/aromatic N) is 1. The van der Waals surface area contributed by atoms with Crippen molar-refractivity contribution in [1.29, 1.82) is 0 Å². The molecule has 0 saturated heterocycles. The van der Waals surface area contributed by atoms with Crippen LogP contribution in [0.3, 0.4) is 0 Å². The lowest BCUT2D eigenvalue weighted by Gasteiger charge is -2.09. The average Bonchev–Trinajstić information content (AvgIpc) is 2.26. The van der Waals surface area contributed by atoms with E-state index in [2.05, 4.69) is 31.2 Å². The summed E-state index contributed by atoms with van der Waals surface area (Å²) in [5, 5.41) is 1.14. The van der Waals surface area contributed by atoms with Crippen molar-refractivity contribution in [3.05, 3.63) is 35.4 Å². The van der Waals surface area contributed by atoms with Crippen LogP contribution in [0.15, 0.2) is 24.3 Å². The first-order chi connectivity index (χ1) is 7.13. The summed E-state index contributed by atoms with van der Waals surface area (Å²) in [5.74, 6) is 5.30. The summed E-state index contributed by atoms with van der Waals surface area (Å²) in [7, 11) is 1.57. The summed E-state index contributed by atoms with van der Waals surface area (Å²) in [4.78, 5) is 11.2. The first kappa shape index (κ1) is 11.7. The van der Waals surface area contributed by atoms with E-state index in [1.807, 2.05) is 0 Å². The van der Waals surface area contributed by atoms with Crippen molar-refractivity contribution in [3.63, 3.8) is 0 Å². The fraction of sp³-hybridized carbons (Fsp3) is 0.417. The molecule has 1 aromatic rings. The zero-order valence-electron chi connectivity index (χ0n) is 9.36. The van der Waals surface area contributed by atoms with Gasteiger partial charge in [0.2, 0.25) is 5.91 Å². The molecule has 2 N–H and O–H groups in total. The standard InChI is InChI=1S/C12H18N2O/c1-3-10-4-6-11(7-5-10)8-9-12(15)14(2)13/h4-7H,3,8-9,13H2,1-2H3. The zero-order chi connectivity index (χ0) is 11.3. The van der Waals surface area contributed by atoms with Gasteiger partial charge in [-0.25, -0.2) is 5.84 Å². The second-order valence-corrected chi connectivity index (χ2v) is 3.67. The molecule has 1 aromatic carbocycles. The van der Waals surface area contributed by atoms with Gasteiger partial charge in [-0.3, -0.25) is 9.80 Å². The Balaban J connectivity index is 2.47. The first-order valence-electron chi connectivity index (χ1n) is 5.22. The van der Waals surface area contributed by atoms with Gasteiger partial charge in [0, 0.05) is 13.5 Å². The highest BCUT2D eigenvalue weighted by atomic mass is 16.2. The molecule has 0 bridgehead atoms. The van der Waals surface area contributed by atoms with Gasteiger partial charge in [-0.05, 0) is 24.0 Å². The molecule has 0 aliphatic rings. The zero-order valence-corrected chi connectivity index (χ0v) is 9.36. The van der Waals surface area contributed by atoms with Gasteiger partial charge in [0.25, 0.3) is 0 Å². The van der Waals surface area contributed by atoms with Crippen LogP contribution in [0.25, 0.3) is 0 Å². The number of benzene rings is 1. The van der Waals surface area contributed by atoms with Crippen LogP contribution in [0.2, 0.25) is 0 Å². The van der Waals surface area contributed by atoms with Crippen LogP contribution in [0.4, 0.5) is 0 Å². The summed E-state index contributed by atoms with van der Waals surface area (Å²) in [6, 6.07) is 8.35. The molecular formula is C12H18N2O. The largest absolute Gasteiger partial charge is 0.284 e. The third kappa shape index (κ3) is 3.72. The number of hydrazine groups is 1. The summed E-state index contributed by atoms with van der Waals surface area (Å²) >= 11 is 0. The van der Waals surface area contributed by atoms with E-state index in [9.17, 15) is 4.79 Å². The van der Waals surface area contributed by atoms with Crippen molar-refractivity contribution >= 4 is 5.91 Å². The lowest BCUT2D eigenvalue weighted by molar-refractivity contribution is -0.130. The maximum absolute atomic E-state index is 11.2. The maximum atomic E-state index is 11.2. The van der Waals surface area contributed by atoms with Gasteiger partial charge >= 0.3 is 0 Å². The van der Waals surface area contributed by atoms with Gasteiger partial charge in [-0.15, -0.1) is 0 Å². The highest BCUT2D eigenvalue weighted by Crippen LogP contribution is 2.07. The van der Waals surface area contributed by atoms with Gasteiger partial charge in [0.1, 0.15) is 0 Å². The lowest BCUT2D eigenvalue weighted by Crippen LogP contribution is -2.33. The molecule has 3 heteroatoms. The molecule has 3 nitrogen and oxygen atoms in total. The number of aryl methyl sites for hydroxylation is 2. The van der Waals surface area contributed by atoms with E-state index in [4.69, 9.17) is 5.84 Å². The molecule has 0 aromatic heterocycles. The SMILES string of the molecule is CCc1ccc(CCC(=O)N(C)N)cc1. The van der Waals surface area contributed by atoms with E-state index < -0.39 is 0 Å². The second kappa shape index (κ2) is 5.51. The molecule has 0 saturated carbocycles. The maximum Gasteiger partial charge on any atom is 0.236 e. The normalized spacial score (nSPS) is 10.1. The topological polar surface area (TPSA) is 46.3 Å². The minimum Gasteiger partial charge on any atom is -0.284 e. The number of hydrogen-bond donors (Lipinski definition) is 1. The van der Waals surface area contributed by atoms with Crippen molar-refractivity contribution in [2.45, 2.75) is 26.2 Å². The Labute approximate surface area is 90.9 Å². The third-order valence-corrected chi connectivity index (χ3v) is 2.45. The molecule has 82 valence electrons. The monoisotopic (exact) mass is 206 g/mol. The third-order valence-electron chi connectivity index (χ3n) is 2.45. The van der Waals surface area contributed by atoms with E-state index in [1.54, 1.807) is 7.05 Å². The second-order valence-electron chi connectivity index (χ2n) is 3.67. The molecular weight excluding hydrogens is 188 g/mol. The Kier molecular flexibility index (Phi) is 4.31. The Morgan fingerprint density at radius 2 is 1.80 bits per heavy atom. The number of nitrogens with two attached hydrogens (primary N) is 1. The highest BCUT2D eigenvalue weighted by Gasteiger charge is 2.04. The van der Waals surface area contributed by atoms with Crippen molar-refractivity contribution in [3.8, 4) is 0 Å². The lowest BCUT2D eigenvalue weighted by atomic mass is 10.1. The van der Waals surface area contributed by atoms with E-state index in [0.717, 1.165) is 17.9 Å². The van der Waals surface area contributed by atoms with E-state index in [1.165, 1.54) is 11.1 Å². The Hall–Kier alpha value is -1.35. The molecule has 0 heterocycles. The molecule has 0 radical (unpaired) electrons. The summed E-state index contributed by atoms with van der Waals surface area (Å²) < 4.78 is 0. The van der Waals surface area contributed by atoms with Gasteiger partial charge < -0.3 is 0 Å². The van der Waals surface area contributed by atoms with Crippen LogP contribution < -0.4 is 5.84 Å². The predicted molar refractivity (Wildman–Crippen MR) is 61.1 cm³/mol. The van der Waals surface area contributed by atoms with Crippen LogP contribution in [0.1, 0.15) is 24.5 Å². The molecule has 1 amide bonds. The number of rotatable bonds is 4. The average molecular weight is 206 g/mol. The molecule has 0 fully saturated rings. The fourth-order valence-electron chi connectivity index (χ4n) is 1.37. The van der Waals surface area contributed by atoms with Gasteiger partial charge in [-0.2, -0.15) is 0 Å². The minimum absolute atomic E-state index is 0.0328. The predicted octanol–water partition coefficient (Wildman–Crippen LogP) is 1.51. The highest BCUT2D eigenvalue weighted by molar-refractivity contribution is 5.75. The minimum atomic E-state index is -0.0328. The number of carbonyl (C=O) groups is 1. The summed E-state index contributed by atoms with van der Waals surface area (Å²) in [5.41, 5.74) is 2.50. The van der Waals surface area contributed by atoms with E-state index in [-0.39, 0.29) is 5.91 Å². The van der Waals surface area contributed by atoms with Gasteiger partial charge in [0.15, 0.2) is 0 Å². The Morgan fingerprint density at radius 3 is 2.27 bits per heavy atom. The quantitative estimate of drug-likeness (QED) is 0.461. The summed E-state index contributed by atoms with van der Waals surface area (Å²) in [6.07, 6.45) is 2.27. The van der Waals surface area contributed by atoms with E-state index >= 15 is 0 Å². The Morgan fingerprint density at radius 1 is 1.27 bits per heavy atom. The smallest absolute Gasteiger partial charge is 0.236 e.